The van der Waals surface area contributed by atoms with Gasteiger partial charge in [-0.15, -0.1) is 0 Å². The van der Waals surface area contributed by atoms with Crippen molar-refractivity contribution in [3.63, 3.8) is 0 Å². The summed E-state index contributed by atoms with van der Waals surface area (Å²) in [5.74, 6) is -0.225. The summed E-state index contributed by atoms with van der Waals surface area (Å²) in [4.78, 5) is 53.1. The first kappa shape index (κ1) is 93.9. The maximum absolute atomic E-state index is 14.1. The predicted octanol–water partition coefficient (Wildman–Crippen LogP) is 22.0. The lowest BCUT2D eigenvalue weighted by Gasteiger charge is -2.26. The molecule has 24 rings (SSSR count). The Balaban J connectivity index is 0.000000115. The highest BCUT2D eigenvalue weighted by atomic mass is 19.4. The molecule has 2 aliphatic carbocycles. The Kier molecular flexibility index (Phi) is 25.0. The lowest BCUT2D eigenvalue weighted by Crippen LogP contribution is -2.18. The third kappa shape index (κ3) is 19.2. The van der Waals surface area contributed by atoms with Crippen LogP contribution in [0, 0.1) is 23.4 Å². The van der Waals surface area contributed by atoms with Crippen molar-refractivity contribution in [3.8, 4) is 90.5 Å². The highest BCUT2D eigenvalue weighted by Gasteiger charge is 2.37. The number of aromatic nitrogens is 20. The monoisotopic (exact) mass is 1970 g/mol. The SMILES string of the molecule is Nc1ncnc2c1c(-c1cc(O)cc(F)c1)nn2Cc1cc2ccccc2nc1-c1ccccc1C(F)(F)F.Nc1ncnc2c1c(-c1cc(O)cc(F)c1)nn2Cc1cc2ccccc2nc1CC1CCC1.Nc1ncnc2c1c(-c1cc(O)cc(F)c1)nn2Cc1cc2ccccc2nc1NC1CCCC1.Nc1ncnc2c1c(-c1cccc(O)c1)nn2Cc1cc2ccccc2nc1-c1ccccc1C(F)(F)F. The lowest BCUT2D eigenvalue weighted by molar-refractivity contribution is -0.137. The Bertz CT molecular complexity index is 8770. The number of aromatic hydroxyl groups is 4. The normalized spacial score (nSPS) is 12.9. The number of para-hydroxylation sites is 4. The number of rotatable bonds is 18. The van der Waals surface area contributed by atoms with Crippen LogP contribution in [0.25, 0.3) is 155 Å². The van der Waals surface area contributed by atoms with E-state index in [0.29, 0.717) is 119 Å². The van der Waals surface area contributed by atoms with Gasteiger partial charge in [-0.3, -0.25) is 4.98 Å². The Hall–Kier alpha value is -18.4. The van der Waals surface area contributed by atoms with Gasteiger partial charge in [-0.2, -0.15) is 46.7 Å². The molecule has 38 heteroatoms. The van der Waals surface area contributed by atoms with Crippen LogP contribution in [-0.4, -0.2) is 125 Å². The quantitative estimate of drug-likeness (QED) is 0.0360. The topological polar surface area (TPSA) is 423 Å². The summed E-state index contributed by atoms with van der Waals surface area (Å²) in [6.07, 6.45) is 5.50. The third-order valence-electron chi connectivity index (χ3n) is 25.8. The fraction of sp³-hybridized carbons (Fsp3) is 0.148. The van der Waals surface area contributed by atoms with E-state index in [1.165, 1.54) is 135 Å². The Morgan fingerprint density at radius 1 is 0.315 bits per heavy atom. The number of pyridine rings is 4. The van der Waals surface area contributed by atoms with Crippen LogP contribution in [0.5, 0.6) is 23.0 Å². The van der Waals surface area contributed by atoms with Crippen molar-refractivity contribution in [2.45, 2.75) is 95.9 Å². The van der Waals surface area contributed by atoms with Crippen molar-refractivity contribution in [1.29, 1.82) is 0 Å². The fourth-order valence-corrected chi connectivity index (χ4v) is 18.9. The average Bonchev–Trinajstić information content (AvgIpc) is 1.61. The molecule has 146 heavy (non-hydrogen) atoms. The van der Waals surface area contributed by atoms with Crippen molar-refractivity contribution in [1.82, 2.24) is 98.9 Å². The number of alkyl halides is 6. The van der Waals surface area contributed by atoms with Gasteiger partial charge in [0.25, 0.3) is 0 Å². The van der Waals surface area contributed by atoms with Crippen molar-refractivity contribution in [2.75, 3.05) is 28.3 Å². The van der Waals surface area contributed by atoms with Crippen molar-refractivity contribution >= 4 is 117 Å². The number of halogens is 9. The summed E-state index contributed by atoms with van der Waals surface area (Å²) in [5.41, 5.74) is 35.3. The average molecular weight is 1970 g/mol. The summed E-state index contributed by atoms with van der Waals surface area (Å²) in [5, 5.41) is 67.8. The zero-order valence-electron chi connectivity index (χ0n) is 77.1. The highest BCUT2D eigenvalue weighted by molar-refractivity contribution is 6.02. The van der Waals surface area contributed by atoms with Gasteiger partial charge in [0.05, 0.1) is 92.3 Å². The Labute approximate surface area is 822 Å². The number of nitrogens with one attached hydrogen (secondary N) is 1. The van der Waals surface area contributed by atoms with Crippen LogP contribution < -0.4 is 28.3 Å². The molecule has 12 aromatic heterocycles. The summed E-state index contributed by atoms with van der Waals surface area (Å²) in [6.45, 7) is 0.841. The number of benzene rings is 10. The molecule has 0 unspecified atom stereocenters. The molecule has 0 saturated heterocycles. The highest BCUT2D eigenvalue weighted by Crippen LogP contribution is 2.45. The van der Waals surface area contributed by atoms with Gasteiger partial charge in [-0.25, -0.2) is 86.7 Å². The molecule has 0 bridgehead atoms. The first-order valence-electron chi connectivity index (χ1n) is 46.4. The van der Waals surface area contributed by atoms with Gasteiger partial charge in [0, 0.05) is 102 Å². The van der Waals surface area contributed by atoms with E-state index in [1.807, 2.05) is 72.8 Å². The van der Waals surface area contributed by atoms with Gasteiger partial charge in [0.15, 0.2) is 22.6 Å². The molecule has 22 aromatic rings. The maximum Gasteiger partial charge on any atom is 0.417 e. The van der Waals surface area contributed by atoms with E-state index < -0.39 is 40.9 Å². The second kappa shape index (κ2) is 38.9. The number of phenolic OH excluding ortho intramolecular Hbond substituents is 4. The minimum Gasteiger partial charge on any atom is -0.508 e. The third-order valence-corrected chi connectivity index (χ3v) is 25.8. The van der Waals surface area contributed by atoms with E-state index in [9.17, 15) is 59.9 Å². The number of nitrogens with two attached hydrogens (primary N) is 4. The first-order valence-corrected chi connectivity index (χ1v) is 46.4. The molecule has 0 atom stereocenters. The molecule has 2 saturated carbocycles. The second-order valence-electron chi connectivity index (χ2n) is 35.6. The molecule has 13 N–H and O–H groups in total. The van der Waals surface area contributed by atoms with Crippen molar-refractivity contribution in [2.24, 2.45) is 5.92 Å². The van der Waals surface area contributed by atoms with Crippen LogP contribution in [0.15, 0.2) is 274 Å². The molecule has 0 amide bonds. The Morgan fingerprint density at radius 3 is 1.03 bits per heavy atom. The second-order valence-corrected chi connectivity index (χ2v) is 35.6. The van der Waals surface area contributed by atoms with Crippen molar-refractivity contribution < 1.29 is 59.9 Å². The molecule has 12 heterocycles. The molecular formula is C108H84F9N25O4. The van der Waals surface area contributed by atoms with Crippen LogP contribution in [0.4, 0.5) is 68.6 Å². The Morgan fingerprint density at radius 2 is 0.651 bits per heavy atom. The van der Waals surface area contributed by atoms with Crippen molar-refractivity contribution in [3.05, 3.63) is 331 Å². The number of hydrogen-bond acceptors (Lipinski definition) is 25. The molecule has 0 radical (unpaired) electrons. The molecule has 2 aliphatic rings. The lowest BCUT2D eigenvalue weighted by atomic mass is 9.81. The zero-order chi connectivity index (χ0) is 101. The predicted molar refractivity (Wildman–Crippen MR) is 538 cm³/mol. The number of hydrogen-bond donors (Lipinski definition) is 9. The van der Waals surface area contributed by atoms with E-state index in [1.54, 1.807) is 68.6 Å². The van der Waals surface area contributed by atoms with Crippen LogP contribution in [-0.2, 0) is 45.0 Å². The van der Waals surface area contributed by atoms with Gasteiger partial charge in [-0.1, -0.05) is 153 Å². The number of phenols is 4. The molecular weight excluding hydrogens is 1880 g/mol. The van der Waals surface area contributed by atoms with Crippen LogP contribution in [0.2, 0.25) is 0 Å². The van der Waals surface area contributed by atoms with Gasteiger partial charge in [0.1, 0.15) is 118 Å². The standard InChI is InChI=1S/C28H18F4N6O.C28H19F3N6O.C26H24FN7O.C26H23FN6O/c29-18-10-16(11-19(39)12-18)25-23-26(33)34-14-35-27(23)38(37-25)13-17-9-15-5-1-4-8-22(15)36-24(17)20-6-2-3-7-21(20)28(30,31)32;29-28(30,31)21-10-3-2-9-20(21)24-18(12-16-6-1-4-11-22(16)35-24)14-37-27-23(26(32)33-15-34-27)25(36-37)17-7-5-8-19(38)13-17;27-18-10-16(11-20(35)12-18)23-22-24(28)29-14-30-26(22)34(33-23)13-17-9-15-5-1-4-8-21(15)32-25(17)31-19-6-2-3-7-19;27-19-10-17(11-20(34)12-19)24-23-25(28)29-14-30-26(23)33(32-24)13-18-9-16-6-1-2-7-21(16)31-22(18)8-15-4-3-5-15/h1-12,14,39H,13H2,(H2,33,34,35);1-13,15,38H,14H2,(H2,32,33,34);1,4-5,8-12,14,19,35H,2-3,6-7,13H2,(H,31,32)(H2,28,29,30);1-2,6-7,9-12,14-15,34H,3-5,8,13H2,(H2,28,29,30). The smallest absolute Gasteiger partial charge is 0.417 e. The summed E-state index contributed by atoms with van der Waals surface area (Å²) >= 11 is 0. The molecule has 0 spiro atoms. The van der Waals surface area contributed by atoms with E-state index in [2.05, 4.69) is 78.5 Å². The van der Waals surface area contributed by atoms with E-state index in [0.717, 1.165) is 105 Å². The van der Waals surface area contributed by atoms with Crippen LogP contribution in [0.1, 0.15) is 84.0 Å². The molecule has 29 nitrogen and oxygen atoms in total. The minimum atomic E-state index is -4.60. The first-order chi connectivity index (χ1) is 70.6. The van der Waals surface area contributed by atoms with Gasteiger partial charge in [-0.05, 0) is 140 Å². The summed E-state index contributed by atoms with van der Waals surface area (Å²) in [6, 6.07) is 67.0. The van der Waals surface area contributed by atoms with Gasteiger partial charge in [0.2, 0.25) is 0 Å². The van der Waals surface area contributed by atoms with Gasteiger partial charge < -0.3 is 48.7 Å². The molecule has 10 aromatic carbocycles. The summed E-state index contributed by atoms with van der Waals surface area (Å²) < 4.78 is 133. The van der Waals surface area contributed by atoms with E-state index >= 15 is 0 Å². The van der Waals surface area contributed by atoms with E-state index in [-0.39, 0.29) is 98.8 Å². The molecule has 0 aliphatic heterocycles. The number of nitrogen functional groups attached to an aromatic ring is 4. The van der Waals surface area contributed by atoms with Crippen LogP contribution in [0.3, 0.4) is 0 Å². The largest absolute Gasteiger partial charge is 0.508 e. The molecule has 728 valence electrons. The van der Waals surface area contributed by atoms with Gasteiger partial charge >= 0.3 is 12.4 Å². The summed E-state index contributed by atoms with van der Waals surface area (Å²) in [7, 11) is 0. The fourth-order valence-electron chi connectivity index (χ4n) is 18.9. The number of anilines is 5. The minimum absolute atomic E-state index is 0.0282. The van der Waals surface area contributed by atoms with E-state index in [4.69, 9.17) is 48.2 Å². The number of nitrogens with zero attached hydrogens (tertiary/aromatic N) is 20. The number of fused-ring (bicyclic) bond motifs is 8. The zero-order valence-corrected chi connectivity index (χ0v) is 77.1. The molecule has 2 fully saturated rings. The van der Waals surface area contributed by atoms with Crippen LogP contribution >= 0.6 is 0 Å². The maximum atomic E-state index is 14.1.